The average Bonchev–Trinajstić information content (AvgIpc) is 2.90. The van der Waals surface area contributed by atoms with Gasteiger partial charge in [-0.25, -0.2) is 4.98 Å². The second kappa shape index (κ2) is 7.17. The van der Waals surface area contributed by atoms with E-state index < -0.39 is 0 Å². The van der Waals surface area contributed by atoms with Crippen molar-refractivity contribution in [1.82, 2.24) is 14.9 Å². The molecule has 24 heavy (non-hydrogen) atoms. The highest BCUT2D eigenvalue weighted by atomic mass is 16.5. The van der Waals surface area contributed by atoms with Gasteiger partial charge in [-0.2, -0.15) is 0 Å². The predicted octanol–water partition coefficient (Wildman–Crippen LogP) is 2.97. The van der Waals surface area contributed by atoms with Crippen molar-refractivity contribution in [3.63, 3.8) is 0 Å². The fourth-order valence-corrected chi connectivity index (χ4v) is 2.59. The number of hydrogen-bond acceptors (Lipinski definition) is 3. The molecule has 0 fully saturated rings. The molecular formula is C19H21N3O2. The van der Waals surface area contributed by atoms with Crippen LogP contribution in [0.15, 0.2) is 48.5 Å². The van der Waals surface area contributed by atoms with Crippen molar-refractivity contribution >= 4 is 16.9 Å². The summed E-state index contributed by atoms with van der Waals surface area (Å²) in [7, 11) is 1.96. The van der Waals surface area contributed by atoms with Gasteiger partial charge >= 0.3 is 0 Å². The third kappa shape index (κ3) is 3.74. The van der Waals surface area contributed by atoms with Crippen LogP contribution in [0.5, 0.6) is 5.75 Å². The molecule has 5 heteroatoms. The Morgan fingerprint density at radius 1 is 1.21 bits per heavy atom. The van der Waals surface area contributed by atoms with Crippen LogP contribution in [-0.2, 0) is 18.4 Å². The van der Waals surface area contributed by atoms with Gasteiger partial charge in [0.25, 0.3) is 0 Å². The summed E-state index contributed by atoms with van der Waals surface area (Å²) in [6.45, 7) is 2.78. The molecule has 0 radical (unpaired) electrons. The number of amides is 1. The van der Waals surface area contributed by atoms with E-state index >= 15 is 0 Å². The molecule has 0 spiro atoms. The molecule has 0 bridgehead atoms. The lowest BCUT2D eigenvalue weighted by molar-refractivity contribution is -0.121. The molecule has 124 valence electrons. The highest BCUT2D eigenvalue weighted by molar-refractivity contribution is 5.77. The Balaban J connectivity index is 1.49. The number of nitrogens with one attached hydrogen (secondary N) is 1. The first-order valence-electron chi connectivity index (χ1n) is 8.00. The largest absolute Gasteiger partial charge is 0.493 e. The molecule has 1 N–H and O–H groups in total. The summed E-state index contributed by atoms with van der Waals surface area (Å²) in [4.78, 5) is 16.5. The van der Waals surface area contributed by atoms with Crippen molar-refractivity contribution in [1.29, 1.82) is 0 Å². The summed E-state index contributed by atoms with van der Waals surface area (Å²) in [5.41, 5.74) is 3.13. The van der Waals surface area contributed by atoms with Gasteiger partial charge in [-0.3, -0.25) is 4.79 Å². The molecule has 0 aliphatic carbocycles. The Kier molecular flexibility index (Phi) is 4.79. The maximum Gasteiger partial charge on any atom is 0.223 e. The van der Waals surface area contributed by atoms with Crippen LogP contribution in [0, 0.1) is 6.92 Å². The lowest BCUT2D eigenvalue weighted by atomic mass is 10.2. The minimum absolute atomic E-state index is 0.0466. The van der Waals surface area contributed by atoms with E-state index in [-0.39, 0.29) is 5.91 Å². The first-order chi connectivity index (χ1) is 11.6. The maximum atomic E-state index is 12.0. The molecule has 3 rings (SSSR count). The maximum absolute atomic E-state index is 12.0. The summed E-state index contributed by atoms with van der Waals surface area (Å²) < 4.78 is 7.60. The third-order valence-corrected chi connectivity index (χ3v) is 3.91. The number of aryl methyl sites for hydroxylation is 2. The fourth-order valence-electron chi connectivity index (χ4n) is 2.59. The predicted molar refractivity (Wildman–Crippen MR) is 93.9 cm³/mol. The summed E-state index contributed by atoms with van der Waals surface area (Å²) in [5.74, 6) is 1.58. The van der Waals surface area contributed by atoms with Crippen LogP contribution in [0.2, 0.25) is 0 Å². The van der Waals surface area contributed by atoms with E-state index in [2.05, 4.69) is 10.3 Å². The van der Waals surface area contributed by atoms with Gasteiger partial charge in [-0.05, 0) is 36.8 Å². The van der Waals surface area contributed by atoms with Crippen molar-refractivity contribution in [3.05, 3.63) is 59.9 Å². The number of fused-ring (bicyclic) bond motifs is 1. The van der Waals surface area contributed by atoms with E-state index in [1.54, 1.807) is 0 Å². The first kappa shape index (κ1) is 16.1. The number of imidazole rings is 1. The van der Waals surface area contributed by atoms with Gasteiger partial charge < -0.3 is 14.6 Å². The Bertz CT molecular complexity index is 855. The fraction of sp³-hybridized carbons (Fsp3) is 0.263. The number of rotatable bonds is 6. The van der Waals surface area contributed by atoms with Crippen LogP contribution >= 0.6 is 0 Å². The minimum atomic E-state index is -0.0466. The lowest BCUT2D eigenvalue weighted by Crippen LogP contribution is -2.25. The molecule has 1 amide bonds. The van der Waals surface area contributed by atoms with Gasteiger partial charge in [0.15, 0.2) is 0 Å². The van der Waals surface area contributed by atoms with Crippen molar-refractivity contribution in [3.8, 4) is 5.75 Å². The van der Waals surface area contributed by atoms with Crippen LogP contribution in [-0.4, -0.2) is 22.1 Å². The van der Waals surface area contributed by atoms with Crippen molar-refractivity contribution in [2.45, 2.75) is 19.9 Å². The molecule has 0 aliphatic heterocycles. The van der Waals surface area contributed by atoms with Gasteiger partial charge in [-0.15, -0.1) is 0 Å². The number of nitrogens with zero attached hydrogens (tertiary/aromatic N) is 2. The van der Waals surface area contributed by atoms with E-state index in [9.17, 15) is 4.79 Å². The van der Waals surface area contributed by atoms with E-state index in [0.717, 1.165) is 28.2 Å². The number of carbonyl (C=O) groups excluding carboxylic acids is 1. The average molecular weight is 323 g/mol. The zero-order chi connectivity index (χ0) is 16.9. The minimum Gasteiger partial charge on any atom is -0.493 e. The molecule has 0 saturated heterocycles. The molecule has 1 heterocycles. The van der Waals surface area contributed by atoms with Crippen LogP contribution in [0.4, 0.5) is 0 Å². The number of aromatic nitrogens is 2. The Morgan fingerprint density at radius 3 is 2.83 bits per heavy atom. The van der Waals surface area contributed by atoms with Gasteiger partial charge in [0.2, 0.25) is 5.91 Å². The molecule has 1 aromatic heterocycles. The summed E-state index contributed by atoms with van der Waals surface area (Å²) in [5, 5.41) is 2.90. The monoisotopic (exact) mass is 323 g/mol. The van der Waals surface area contributed by atoms with E-state index in [1.807, 2.05) is 67.1 Å². The highest BCUT2D eigenvalue weighted by Gasteiger charge is 2.08. The number of ether oxygens (including phenoxy) is 1. The summed E-state index contributed by atoms with van der Waals surface area (Å²) >= 11 is 0. The SMILES string of the molecule is Cc1cccc(OCCC(=O)NCc2nc3ccccc3n2C)c1. The Hall–Kier alpha value is -2.82. The van der Waals surface area contributed by atoms with Gasteiger partial charge in [-0.1, -0.05) is 24.3 Å². The zero-order valence-electron chi connectivity index (χ0n) is 14.0. The van der Waals surface area contributed by atoms with Crippen molar-refractivity contribution < 1.29 is 9.53 Å². The van der Waals surface area contributed by atoms with Gasteiger partial charge in [0, 0.05) is 7.05 Å². The van der Waals surface area contributed by atoms with Crippen LogP contribution in [0.25, 0.3) is 11.0 Å². The molecule has 5 nitrogen and oxygen atoms in total. The van der Waals surface area contributed by atoms with Gasteiger partial charge in [0.1, 0.15) is 11.6 Å². The third-order valence-electron chi connectivity index (χ3n) is 3.91. The molecule has 0 atom stereocenters. The molecule has 0 saturated carbocycles. The van der Waals surface area contributed by atoms with E-state index in [4.69, 9.17) is 4.74 Å². The number of benzene rings is 2. The lowest BCUT2D eigenvalue weighted by Gasteiger charge is -2.08. The van der Waals surface area contributed by atoms with Crippen LogP contribution in [0.1, 0.15) is 17.8 Å². The van der Waals surface area contributed by atoms with E-state index in [0.29, 0.717) is 19.6 Å². The van der Waals surface area contributed by atoms with Crippen molar-refractivity contribution in [2.24, 2.45) is 7.05 Å². The Morgan fingerprint density at radius 2 is 2.04 bits per heavy atom. The van der Waals surface area contributed by atoms with Gasteiger partial charge in [0.05, 0.1) is 30.6 Å². The molecule has 2 aromatic carbocycles. The second-order valence-electron chi connectivity index (χ2n) is 5.77. The summed E-state index contributed by atoms with van der Waals surface area (Å²) in [6.07, 6.45) is 0.317. The topological polar surface area (TPSA) is 56.1 Å². The number of para-hydroxylation sites is 2. The van der Waals surface area contributed by atoms with Crippen LogP contribution in [0.3, 0.4) is 0 Å². The standard InChI is InChI=1S/C19H21N3O2/c1-14-6-5-7-15(12-14)24-11-10-19(23)20-13-18-21-16-8-3-4-9-17(16)22(18)2/h3-9,12H,10-11,13H2,1-2H3,(H,20,23). The molecule has 0 unspecified atom stereocenters. The normalized spacial score (nSPS) is 10.8. The zero-order valence-corrected chi connectivity index (χ0v) is 14.0. The molecule has 3 aromatic rings. The highest BCUT2D eigenvalue weighted by Crippen LogP contribution is 2.14. The van der Waals surface area contributed by atoms with Crippen molar-refractivity contribution in [2.75, 3.05) is 6.61 Å². The summed E-state index contributed by atoms with van der Waals surface area (Å²) in [6, 6.07) is 15.7. The molecule has 0 aliphatic rings. The smallest absolute Gasteiger partial charge is 0.223 e. The van der Waals surface area contributed by atoms with E-state index in [1.165, 1.54) is 0 Å². The first-order valence-corrected chi connectivity index (χ1v) is 8.00. The molecular weight excluding hydrogens is 302 g/mol. The number of carbonyl (C=O) groups is 1. The second-order valence-corrected chi connectivity index (χ2v) is 5.77. The quantitative estimate of drug-likeness (QED) is 0.759. The number of hydrogen-bond donors (Lipinski definition) is 1. The Labute approximate surface area is 141 Å². The van der Waals surface area contributed by atoms with Crippen LogP contribution < -0.4 is 10.1 Å².